The minimum atomic E-state index is -0.692. The number of rotatable bonds is 5. The Kier molecular flexibility index (Phi) is 3.69. The van der Waals surface area contributed by atoms with Gasteiger partial charge in [-0.15, -0.1) is 0 Å². The molecule has 1 aromatic heterocycles. The molecule has 0 amide bonds. The van der Waals surface area contributed by atoms with Crippen molar-refractivity contribution in [2.75, 3.05) is 6.61 Å². The molecule has 5 heteroatoms. The second kappa shape index (κ2) is 5.69. The van der Waals surface area contributed by atoms with E-state index in [4.69, 9.17) is 4.74 Å². The van der Waals surface area contributed by atoms with E-state index >= 15 is 0 Å². The summed E-state index contributed by atoms with van der Waals surface area (Å²) in [5.74, 6) is 0.472. The predicted molar refractivity (Wildman–Crippen MR) is 99.5 cm³/mol. The van der Waals surface area contributed by atoms with Crippen LogP contribution in [0.15, 0.2) is 6.07 Å². The Balaban J connectivity index is 1.29. The topological polar surface area (TPSA) is 68.5 Å². The number of aromatic nitrogens is 1. The molecule has 0 aromatic carbocycles. The highest BCUT2D eigenvalue weighted by Gasteiger charge is 2.60. The Hall–Kier alpha value is -1.62. The number of hydrogen-bond acceptors (Lipinski definition) is 4. The van der Waals surface area contributed by atoms with Gasteiger partial charge in [0.25, 0.3) is 0 Å². The molecule has 4 bridgehead atoms. The number of carbonyl (C=O) groups excluding carboxylic acids is 2. The van der Waals surface area contributed by atoms with E-state index in [-0.39, 0.29) is 18.4 Å². The summed E-state index contributed by atoms with van der Waals surface area (Å²) >= 11 is 0. The molecule has 0 aliphatic heterocycles. The lowest BCUT2D eigenvalue weighted by Crippen LogP contribution is -2.58. The van der Waals surface area contributed by atoms with E-state index in [0.29, 0.717) is 29.9 Å². The van der Waals surface area contributed by atoms with E-state index in [1.165, 1.54) is 12.8 Å². The zero-order valence-electron chi connectivity index (χ0n) is 16.3. The van der Waals surface area contributed by atoms with Crippen LogP contribution in [0.25, 0.3) is 0 Å². The van der Waals surface area contributed by atoms with Crippen LogP contribution in [0, 0.1) is 31.1 Å². The molecule has 5 fully saturated rings. The molecule has 1 aromatic rings. The lowest BCUT2D eigenvalue weighted by molar-refractivity contribution is -0.195. The standard InChI is InChI=1S/C22H29NO4/c1-13-5-18(14(2)23(13)17-3-4-17)19(24)11-27-20(25)21-7-15-6-16(8-21)10-22(26,9-15)12-21/h5,15-17,26H,3-4,6-12H2,1-2H3/t15-,16+,21?,22?. The summed E-state index contributed by atoms with van der Waals surface area (Å²) in [5, 5.41) is 10.8. The van der Waals surface area contributed by atoms with Crippen LogP contribution in [0.1, 0.15) is 79.2 Å². The number of esters is 1. The first-order valence-electron chi connectivity index (χ1n) is 10.4. The van der Waals surface area contributed by atoms with Gasteiger partial charge in [0.1, 0.15) is 0 Å². The second-order valence-corrected chi connectivity index (χ2v) is 9.85. The fourth-order valence-corrected chi connectivity index (χ4v) is 6.77. The van der Waals surface area contributed by atoms with Crippen molar-refractivity contribution in [1.29, 1.82) is 0 Å². The SMILES string of the molecule is Cc1cc(C(=O)COC(=O)C23C[C@@H]4C[C@@H](CC(O)(C4)C2)C3)c(C)n1C1CC1. The van der Waals surface area contributed by atoms with Gasteiger partial charge in [0.05, 0.1) is 11.0 Å². The summed E-state index contributed by atoms with van der Waals surface area (Å²) in [6.07, 6.45) is 7.26. The normalized spacial score (nSPS) is 36.9. The number of hydrogen-bond donors (Lipinski definition) is 1. The Labute approximate surface area is 160 Å². The molecule has 4 atom stereocenters. The second-order valence-electron chi connectivity index (χ2n) is 9.85. The van der Waals surface area contributed by atoms with Gasteiger partial charge in [0.15, 0.2) is 6.61 Å². The summed E-state index contributed by atoms with van der Waals surface area (Å²) in [6.45, 7) is 3.82. The van der Waals surface area contributed by atoms with Crippen molar-refractivity contribution in [2.24, 2.45) is 17.3 Å². The molecule has 1 heterocycles. The van der Waals surface area contributed by atoms with Crippen LogP contribution in [0.5, 0.6) is 0 Å². The molecule has 1 N–H and O–H groups in total. The minimum absolute atomic E-state index is 0.119. The molecule has 5 aliphatic carbocycles. The monoisotopic (exact) mass is 371 g/mol. The maximum absolute atomic E-state index is 13.0. The minimum Gasteiger partial charge on any atom is -0.457 e. The average molecular weight is 371 g/mol. The van der Waals surface area contributed by atoms with Crippen LogP contribution in [-0.2, 0) is 9.53 Å². The summed E-state index contributed by atoms with van der Waals surface area (Å²) in [5.41, 5.74) is 1.51. The highest BCUT2D eigenvalue weighted by atomic mass is 16.5. The molecular weight excluding hydrogens is 342 g/mol. The molecule has 5 nitrogen and oxygen atoms in total. The quantitative estimate of drug-likeness (QED) is 0.635. The molecule has 0 saturated heterocycles. The van der Waals surface area contributed by atoms with Gasteiger partial charge in [-0.2, -0.15) is 0 Å². The maximum atomic E-state index is 13.0. The van der Waals surface area contributed by atoms with Crippen LogP contribution in [-0.4, -0.2) is 33.6 Å². The van der Waals surface area contributed by atoms with Gasteiger partial charge in [-0.3, -0.25) is 9.59 Å². The van der Waals surface area contributed by atoms with E-state index in [2.05, 4.69) is 4.57 Å². The van der Waals surface area contributed by atoms with Gasteiger partial charge in [-0.25, -0.2) is 0 Å². The summed E-state index contributed by atoms with van der Waals surface area (Å²) in [4.78, 5) is 25.7. The third kappa shape index (κ3) is 2.77. The fraction of sp³-hybridized carbons (Fsp3) is 0.727. The van der Waals surface area contributed by atoms with Gasteiger partial charge in [-0.05, 0) is 83.1 Å². The smallest absolute Gasteiger partial charge is 0.312 e. The van der Waals surface area contributed by atoms with Gasteiger partial charge in [0, 0.05) is 23.0 Å². The van der Waals surface area contributed by atoms with Crippen molar-refractivity contribution in [1.82, 2.24) is 4.57 Å². The van der Waals surface area contributed by atoms with Gasteiger partial charge in [-0.1, -0.05) is 0 Å². The largest absolute Gasteiger partial charge is 0.457 e. The summed E-state index contributed by atoms with van der Waals surface area (Å²) in [6, 6.07) is 2.46. The highest BCUT2D eigenvalue weighted by Crippen LogP contribution is 2.62. The number of ether oxygens (including phenoxy) is 1. The van der Waals surface area contributed by atoms with Crippen LogP contribution < -0.4 is 0 Å². The Morgan fingerprint density at radius 1 is 1.19 bits per heavy atom. The number of aliphatic hydroxyl groups is 1. The average Bonchev–Trinajstić information content (AvgIpc) is 3.35. The Bertz CT molecular complexity index is 805. The van der Waals surface area contributed by atoms with Crippen molar-refractivity contribution in [2.45, 2.75) is 76.9 Å². The molecule has 27 heavy (non-hydrogen) atoms. The zero-order chi connectivity index (χ0) is 19.0. The van der Waals surface area contributed by atoms with Crippen LogP contribution in [0.2, 0.25) is 0 Å². The lowest BCUT2D eigenvalue weighted by atomic mass is 9.48. The van der Waals surface area contributed by atoms with E-state index in [9.17, 15) is 14.7 Å². The van der Waals surface area contributed by atoms with E-state index in [0.717, 1.165) is 43.5 Å². The highest BCUT2D eigenvalue weighted by molar-refractivity contribution is 5.99. The predicted octanol–water partition coefficient (Wildman–Crippen LogP) is 3.50. The molecule has 5 saturated carbocycles. The number of carbonyl (C=O) groups is 2. The van der Waals surface area contributed by atoms with Crippen molar-refractivity contribution in [3.8, 4) is 0 Å². The number of nitrogens with zero attached hydrogens (tertiary/aromatic N) is 1. The van der Waals surface area contributed by atoms with Crippen LogP contribution in [0.4, 0.5) is 0 Å². The van der Waals surface area contributed by atoms with Gasteiger partial charge < -0.3 is 14.4 Å². The third-order valence-electron chi connectivity index (χ3n) is 7.49. The maximum Gasteiger partial charge on any atom is 0.312 e. The van der Waals surface area contributed by atoms with Crippen LogP contribution in [0.3, 0.4) is 0 Å². The van der Waals surface area contributed by atoms with Crippen molar-refractivity contribution < 1.29 is 19.4 Å². The summed E-state index contributed by atoms with van der Waals surface area (Å²) in [7, 11) is 0. The summed E-state index contributed by atoms with van der Waals surface area (Å²) < 4.78 is 7.80. The first-order chi connectivity index (χ1) is 12.8. The molecule has 2 unspecified atom stereocenters. The first kappa shape index (κ1) is 17.5. The number of Topliss-reactive ketones (excluding diaryl/α,β-unsaturated/α-hetero) is 1. The van der Waals surface area contributed by atoms with E-state index < -0.39 is 11.0 Å². The Morgan fingerprint density at radius 2 is 1.85 bits per heavy atom. The van der Waals surface area contributed by atoms with Crippen molar-refractivity contribution in [3.05, 3.63) is 23.0 Å². The van der Waals surface area contributed by atoms with E-state index in [1.54, 1.807) is 0 Å². The van der Waals surface area contributed by atoms with Crippen molar-refractivity contribution in [3.63, 3.8) is 0 Å². The van der Waals surface area contributed by atoms with Gasteiger partial charge >= 0.3 is 5.97 Å². The first-order valence-corrected chi connectivity index (χ1v) is 10.4. The molecule has 146 valence electrons. The zero-order valence-corrected chi connectivity index (χ0v) is 16.3. The van der Waals surface area contributed by atoms with Crippen molar-refractivity contribution >= 4 is 11.8 Å². The molecule has 5 aliphatic rings. The third-order valence-corrected chi connectivity index (χ3v) is 7.49. The Morgan fingerprint density at radius 3 is 2.44 bits per heavy atom. The molecular formula is C22H29NO4. The molecule has 0 radical (unpaired) electrons. The lowest BCUT2D eigenvalue weighted by Gasteiger charge is -2.58. The molecule has 0 spiro atoms. The molecule has 6 rings (SSSR count). The number of aryl methyl sites for hydroxylation is 1. The van der Waals surface area contributed by atoms with Crippen LogP contribution >= 0.6 is 0 Å². The fourth-order valence-electron chi connectivity index (χ4n) is 6.77. The van der Waals surface area contributed by atoms with Gasteiger partial charge in [0.2, 0.25) is 5.78 Å². The van der Waals surface area contributed by atoms with E-state index in [1.807, 2.05) is 19.9 Å². The number of ketones is 1.